The zero-order valence-electron chi connectivity index (χ0n) is 31.2. The number of likely N-dealkylation sites (tertiary alicyclic amines) is 1. The number of carbonyl (C=O) groups excluding carboxylic acids is 5. The Bertz CT molecular complexity index is 1470. The van der Waals surface area contributed by atoms with E-state index < -0.39 is 63.2 Å². The summed E-state index contributed by atoms with van der Waals surface area (Å²) in [5.41, 5.74) is -0.660. The maximum Gasteiger partial charge on any atom is 0.315 e. The monoisotopic (exact) mass is 732 g/mol. The number of hydrogen-bond donors (Lipinski definition) is 4. The van der Waals surface area contributed by atoms with Gasteiger partial charge in [0.2, 0.25) is 27.6 Å². The van der Waals surface area contributed by atoms with Gasteiger partial charge in [-0.05, 0) is 66.6 Å². The Hall–Kier alpha value is -3.00. The largest absolute Gasteiger partial charge is 0.346 e. The van der Waals surface area contributed by atoms with Crippen LogP contribution in [0.3, 0.4) is 0 Å². The van der Waals surface area contributed by atoms with Crippen LogP contribution < -0.4 is 21.3 Å². The standard InChI is InChI=1S/C37H60N6O7S/c1-7-17-38-33(46)31(44)26(20-23-15-16-23)39-32(45)30-28-25(37(28,5)6)21-43(30)34(47)29(24-13-9-8-10-14-24)41-35(48)40-27(36(2,3)4)22-42-18-11-12-19-51(42,49)50/h7,23-30H,1,8-22H2,2-6H3,(H,38,46)(H,39,45)(H2,40,41,48)/t25-,26?,27+,28-,29-,30?/m0/s1. The van der Waals surface area contributed by atoms with Gasteiger partial charge in [0.05, 0.1) is 11.8 Å². The molecular weight excluding hydrogens is 673 g/mol. The topological polar surface area (TPSA) is 174 Å². The highest BCUT2D eigenvalue weighted by Crippen LogP contribution is 2.65. The fourth-order valence-electron chi connectivity index (χ4n) is 8.55. The quantitative estimate of drug-likeness (QED) is 0.157. The first-order valence-electron chi connectivity index (χ1n) is 19.0. The van der Waals surface area contributed by atoms with E-state index in [9.17, 15) is 32.4 Å². The van der Waals surface area contributed by atoms with Crippen LogP contribution in [0.15, 0.2) is 12.7 Å². The maximum absolute atomic E-state index is 14.7. The summed E-state index contributed by atoms with van der Waals surface area (Å²) in [5.74, 6) is -2.06. The van der Waals surface area contributed by atoms with E-state index in [0.29, 0.717) is 25.9 Å². The zero-order valence-corrected chi connectivity index (χ0v) is 32.0. The van der Waals surface area contributed by atoms with Crippen LogP contribution in [0.25, 0.3) is 0 Å². The second-order valence-electron chi connectivity index (χ2n) is 17.3. The molecule has 3 aliphatic carbocycles. The molecule has 14 heteroatoms. The van der Waals surface area contributed by atoms with Gasteiger partial charge in [0.25, 0.3) is 5.91 Å². The van der Waals surface area contributed by atoms with Crippen LogP contribution >= 0.6 is 0 Å². The van der Waals surface area contributed by atoms with E-state index >= 15 is 0 Å². The second-order valence-corrected chi connectivity index (χ2v) is 19.4. The summed E-state index contributed by atoms with van der Waals surface area (Å²) in [4.78, 5) is 70.1. The minimum atomic E-state index is -3.42. The van der Waals surface area contributed by atoms with Gasteiger partial charge in [-0.2, -0.15) is 4.31 Å². The van der Waals surface area contributed by atoms with Crippen molar-refractivity contribution >= 4 is 39.6 Å². The molecule has 286 valence electrons. The maximum atomic E-state index is 14.7. The van der Waals surface area contributed by atoms with E-state index in [4.69, 9.17) is 0 Å². The average molecular weight is 733 g/mol. The Morgan fingerprint density at radius 2 is 1.63 bits per heavy atom. The van der Waals surface area contributed by atoms with Gasteiger partial charge in [-0.3, -0.25) is 19.2 Å². The van der Waals surface area contributed by atoms with Crippen molar-refractivity contribution in [3.8, 4) is 0 Å². The highest BCUT2D eigenvalue weighted by Gasteiger charge is 2.69. The number of nitrogens with zero attached hydrogens (tertiary/aromatic N) is 2. The normalized spacial score (nSPS) is 27.6. The van der Waals surface area contributed by atoms with Crippen molar-refractivity contribution in [3.05, 3.63) is 12.7 Å². The van der Waals surface area contributed by atoms with Gasteiger partial charge in [0.15, 0.2) is 0 Å². The van der Waals surface area contributed by atoms with Crippen molar-refractivity contribution in [2.45, 2.75) is 123 Å². The Balaban J connectivity index is 1.34. The molecule has 6 atom stereocenters. The lowest BCUT2D eigenvalue weighted by atomic mass is 9.83. The summed E-state index contributed by atoms with van der Waals surface area (Å²) in [6.45, 7) is 14.6. The van der Waals surface area contributed by atoms with Crippen LogP contribution in [0.2, 0.25) is 0 Å². The van der Waals surface area contributed by atoms with E-state index in [0.717, 1.165) is 51.4 Å². The molecule has 51 heavy (non-hydrogen) atoms. The van der Waals surface area contributed by atoms with Crippen LogP contribution in [0, 0.1) is 34.5 Å². The molecule has 2 saturated heterocycles. The van der Waals surface area contributed by atoms with E-state index in [2.05, 4.69) is 41.7 Å². The lowest BCUT2D eigenvalue weighted by Gasteiger charge is -2.39. The van der Waals surface area contributed by atoms with E-state index in [-0.39, 0.29) is 53.8 Å². The molecule has 0 aromatic heterocycles. The van der Waals surface area contributed by atoms with Crippen molar-refractivity contribution < 1.29 is 32.4 Å². The SMILES string of the molecule is C=CCNC(=O)C(=O)C(CC1CC1)NC(=O)C1[C@@H]2[C@H](CN1C(=O)[C@@H](NC(=O)N[C@H](CN1CCCCS1(=O)=O)C(C)(C)C)C1CCCCC1)C2(C)C. The van der Waals surface area contributed by atoms with E-state index in [1.165, 1.54) is 10.4 Å². The predicted molar refractivity (Wildman–Crippen MR) is 194 cm³/mol. The number of amides is 5. The van der Waals surface area contributed by atoms with Crippen LogP contribution in [-0.2, 0) is 29.2 Å². The molecule has 2 aliphatic heterocycles. The van der Waals surface area contributed by atoms with Crippen molar-refractivity contribution in [1.29, 1.82) is 0 Å². The Labute approximate surface area is 303 Å². The molecule has 13 nitrogen and oxygen atoms in total. The minimum Gasteiger partial charge on any atom is -0.346 e. The first-order valence-corrected chi connectivity index (χ1v) is 20.6. The summed E-state index contributed by atoms with van der Waals surface area (Å²) in [6.07, 6.45) is 9.51. The number of piperidine rings is 1. The molecule has 5 aliphatic rings. The van der Waals surface area contributed by atoms with Gasteiger partial charge < -0.3 is 26.2 Å². The molecule has 0 bridgehead atoms. The Morgan fingerprint density at radius 1 is 0.941 bits per heavy atom. The minimum absolute atomic E-state index is 0.0864. The molecule has 0 aromatic rings. The van der Waals surface area contributed by atoms with E-state index in [1.54, 1.807) is 4.90 Å². The van der Waals surface area contributed by atoms with Crippen LogP contribution in [0.1, 0.15) is 98.8 Å². The van der Waals surface area contributed by atoms with Crippen LogP contribution in [0.5, 0.6) is 0 Å². The van der Waals surface area contributed by atoms with Crippen LogP contribution in [0.4, 0.5) is 4.79 Å². The van der Waals surface area contributed by atoms with Crippen LogP contribution in [-0.4, -0.2) is 103 Å². The number of ketones is 1. The molecule has 0 aromatic carbocycles. The molecule has 3 saturated carbocycles. The molecule has 4 N–H and O–H groups in total. The third-order valence-electron chi connectivity index (χ3n) is 12.2. The summed E-state index contributed by atoms with van der Waals surface area (Å²) >= 11 is 0. The molecule has 0 spiro atoms. The molecule has 2 heterocycles. The van der Waals surface area contributed by atoms with Gasteiger partial charge in [-0.25, -0.2) is 13.2 Å². The Morgan fingerprint density at radius 3 is 2.24 bits per heavy atom. The molecular formula is C37H60N6O7S. The number of rotatable bonds is 14. The van der Waals surface area contributed by atoms with Gasteiger partial charge in [0.1, 0.15) is 12.1 Å². The summed E-state index contributed by atoms with van der Waals surface area (Å²) in [5, 5.41) is 11.4. The number of carbonyl (C=O) groups is 5. The van der Waals surface area contributed by atoms with Crippen molar-refractivity contribution in [2.24, 2.45) is 34.5 Å². The van der Waals surface area contributed by atoms with Crippen molar-refractivity contribution in [3.63, 3.8) is 0 Å². The van der Waals surface area contributed by atoms with Gasteiger partial charge in [0, 0.05) is 32.2 Å². The lowest BCUT2D eigenvalue weighted by Crippen LogP contribution is -2.62. The van der Waals surface area contributed by atoms with E-state index in [1.807, 2.05) is 20.8 Å². The third-order valence-corrected chi connectivity index (χ3v) is 14.1. The average Bonchev–Trinajstić information content (AvgIpc) is 3.93. The molecule has 5 amide bonds. The van der Waals surface area contributed by atoms with Gasteiger partial charge >= 0.3 is 6.03 Å². The molecule has 2 unspecified atom stereocenters. The third kappa shape index (κ3) is 9.15. The number of nitrogens with one attached hydrogen (secondary N) is 4. The first kappa shape index (κ1) is 39.2. The zero-order chi connectivity index (χ0) is 37.3. The Kier molecular flexibility index (Phi) is 11.9. The highest BCUT2D eigenvalue weighted by molar-refractivity contribution is 7.89. The fraction of sp³-hybridized carbons (Fsp3) is 0.811. The first-order chi connectivity index (χ1) is 24.0. The van der Waals surface area contributed by atoms with Crippen molar-refractivity contribution in [2.75, 3.05) is 31.9 Å². The smallest absolute Gasteiger partial charge is 0.315 e. The molecule has 5 rings (SSSR count). The van der Waals surface area contributed by atoms with Crippen molar-refractivity contribution in [1.82, 2.24) is 30.5 Å². The molecule has 0 radical (unpaired) electrons. The number of Topliss-reactive ketones (excluding diaryl/α,β-unsaturated/α-hetero) is 1. The number of hydrogen-bond acceptors (Lipinski definition) is 7. The number of fused-ring (bicyclic) bond motifs is 1. The van der Waals surface area contributed by atoms with Gasteiger partial charge in [-0.15, -0.1) is 6.58 Å². The van der Waals surface area contributed by atoms with Gasteiger partial charge in [-0.1, -0.05) is 72.8 Å². The lowest BCUT2D eigenvalue weighted by molar-refractivity contribution is -0.144. The number of sulfonamides is 1. The number of urea groups is 1. The summed E-state index contributed by atoms with van der Waals surface area (Å²) < 4.78 is 27.1. The fourth-order valence-corrected chi connectivity index (χ4v) is 10.2. The second kappa shape index (κ2) is 15.5. The molecule has 5 fully saturated rings. The summed E-state index contributed by atoms with van der Waals surface area (Å²) in [6, 6.07) is -3.78. The summed E-state index contributed by atoms with van der Waals surface area (Å²) in [7, 11) is -3.42. The highest BCUT2D eigenvalue weighted by atomic mass is 32.2. The predicted octanol–water partition coefficient (Wildman–Crippen LogP) is 2.71.